The van der Waals surface area contributed by atoms with Crippen LogP contribution >= 0.6 is 0 Å². The third-order valence-electron chi connectivity index (χ3n) is 0. The average Bonchev–Trinajstić information content (AvgIpc) is 0. The fourth-order valence-corrected chi connectivity index (χ4v) is 0. The van der Waals surface area contributed by atoms with E-state index in [0.29, 0.717) is 0 Å². The van der Waals surface area contributed by atoms with Gasteiger partial charge in [-0.25, -0.2) is 0 Å². The summed E-state index contributed by atoms with van der Waals surface area (Å²) in [6.45, 7) is 0. The number of rotatable bonds is 0. The Bertz CT molecular complexity index is 12.9. The molecule has 0 atom stereocenters. The Hall–Kier alpha value is 3.96. The molecule has 0 bridgehead atoms. The molecule has 5 nitrogen and oxygen atoms in total. The standard InChI is InChI=1S/2Eu.2Ni.5O/q2*+3;2*+2;5*-2. The van der Waals surface area contributed by atoms with Crippen LogP contribution in [0.5, 0.6) is 0 Å². The van der Waals surface area contributed by atoms with E-state index in [1.54, 1.807) is 0 Å². The van der Waals surface area contributed by atoms with Gasteiger partial charge in [0.1, 0.15) is 0 Å². The molecule has 0 rings (SSSR count). The quantitative estimate of drug-likeness (QED) is 0.391. The molecule has 0 saturated heterocycles. The molecule has 0 fully saturated rings. The molecule has 64 valence electrons. The average molecular weight is 501 g/mol. The molecule has 9 heavy (non-hydrogen) atoms. The van der Waals surface area contributed by atoms with Crippen LogP contribution in [-0.2, 0) is 60.4 Å². The fourth-order valence-electron chi connectivity index (χ4n) is 0. The molecule has 0 unspecified atom stereocenters. The summed E-state index contributed by atoms with van der Waals surface area (Å²) in [5, 5.41) is 0. The summed E-state index contributed by atoms with van der Waals surface area (Å²) in [5.41, 5.74) is 0. The maximum absolute atomic E-state index is 0. The molecule has 0 aromatic carbocycles. The van der Waals surface area contributed by atoms with Crippen molar-refractivity contribution in [2.75, 3.05) is 0 Å². The van der Waals surface area contributed by atoms with Crippen molar-refractivity contribution >= 4 is 0 Å². The predicted octanol–water partition coefficient (Wildman–Crippen LogP) is -0.599. The Labute approximate surface area is 155 Å². The van der Waals surface area contributed by atoms with Crippen molar-refractivity contribution in [3.8, 4) is 0 Å². The van der Waals surface area contributed by atoms with E-state index in [2.05, 4.69) is 0 Å². The van der Waals surface area contributed by atoms with E-state index in [1.165, 1.54) is 0 Å². The second-order valence-corrected chi connectivity index (χ2v) is 0. The van der Waals surface area contributed by atoms with Gasteiger partial charge in [0.15, 0.2) is 0 Å². The van der Waals surface area contributed by atoms with Crippen LogP contribution in [0.25, 0.3) is 0 Å². The first kappa shape index (κ1) is 118. The van der Waals surface area contributed by atoms with Crippen LogP contribution in [0.4, 0.5) is 0 Å². The molecular formula is Eu2Ni2O5. The minimum absolute atomic E-state index is 0. The van der Waals surface area contributed by atoms with E-state index in [9.17, 15) is 0 Å². The molecule has 0 aliphatic carbocycles. The first-order valence-electron chi connectivity index (χ1n) is 0. The van der Waals surface area contributed by atoms with Gasteiger partial charge in [-0.15, -0.1) is 0 Å². The van der Waals surface area contributed by atoms with E-state index in [4.69, 9.17) is 0 Å². The smallest absolute Gasteiger partial charge is 2.00 e. The molecule has 0 aromatic rings. The summed E-state index contributed by atoms with van der Waals surface area (Å²) < 4.78 is 0. The van der Waals surface area contributed by atoms with Crippen molar-refractivity contribution in [3.63, 3.8) is 0 Å². The van der Waals surface area contributed by atoms with Gasteiger partial charge in [0.2, 0.25) is 0 Å². The van der Waals surface area contributed by atoms with Crippen molar-refractivity contribution in [2.45, 2.75) is 0 Å². The maximum Gasteiger partial charge on any atom is 3.00 e. The van der Waals surface area contributed by atoms with Crippen molar-refractivity contribution in [3.05, 3.63) is 0 Å². The van der Waals surface area contributed by atoms with Crippen LogP contribution in [0.1, 0.15) is 0 Å². The zero-order valence-corrected chi connectivity index (χ0v) is 10.3. The number of hydrogen-bond acceptors (Lipinski definition) is 0. The van der Waals surface area contributed by atoms with Crippen LogP contribution in [0.2, 0.25) is 0 Å². The minimum atomic E-state index is 0. The Morgan fingerprint density at radius 2 is 0.333 bits per heavy atom. The Kier molecular flexibility index (Phi) is 1210. The molecule has 0 amide bonds. The van der Waals surface area contributed by atoms with Gasteiger partial charge in [-0.3, -0.25) is 0 Å². The first-order chi connectivity index (χ1) is 0. The molecular weight excluding hydrogens is 501 g/mol. The van der Waals surface area contributed by atoms with Gasteiger partial charge in [0.05, 0.1) is 0 Å². The van der Waals surface area contributed by atoms with Gasteiger partial charge in [-0.2, -0.15) is 0 Å². The summed E-state index contributed by atoms with van der Waals surface area (Å²) in [6.07, 6.45) is 0. The molecule has 0 aliphatic rings. The van der Waals surface area contributed by atoms with E-state index >= 15 is 0 Å². The van der Waals surface area contributed by atoms with E-state index in [0.717, 1.165) is 0 Å². The maximum atomic E-state index is 0. The largest absolute Gasteiger partial charge is 3.00 e. The van der Waals surface area contributed by atoms with Crippen LogP contribution in [0.3, 0.4) is 0 Å². The van der Waals surface area contributed by atoms with E-state index < -0.39 is 0 Å². The predicted molar refractivity (Wildman–Crippen MR) is 3.43 cm³/mol. The van der Waals surface area contributed by atoms with Crippen molar-refractivity contribution in [2.24, 2.45) is 0 Å². The second kappa shape index (κ2) is 91.7. The third-order valence-corrected chi connectivity index (χ3v) is 0. The Balaban J connectivity index is 0. The molecule has 0 saturated carbocycles. The fraction of sp³-hybridized carbons (Fsp3) is 0. The van der Waals surface area contributed by atoms with Gasteiger partial charge in [0, 0.05) is 0 Å². The van der Waals surface area contributed by atoms with Gasteiger partial charge in [0.25, 0.3) is 0 Å². The van der Waals surface area contributed by atoms with Gasteiger partial charge in [-0.05, 0) is 0 Å². The Morgan fingerprint density at radius 1 is 0.333 bits per heavy atom. The number of hydrogen-bond donors (Lipinski definition) is 0. The van der Waals surface area contributed by atoms with Crippen molar-refractivity contribution < 1.29 is 159 Å². The molecule has 0 spiro atoms. The zero-order valence-electron chi connectivity index (χ0n) is 3.43. The molecule has 0 aliphatic heterocycles. The monoisotopic (exact) mass is 502 g/mol. The van der Waals surface area contributed by atoms with Crippen molar-refractivity contribution in [1.29, 1.82) is 0 Å². The van der Waals surface area contributed by atoms with E-state index in [-0.39, 0.29) is 159 Å². The van der Waals surface area contributed by atoms with Crippen LogP contribution < -0.4 is 0 Å². The summed E-state index contributed by atoms with van der Waals surface area (Å²) in [6, 6.07) is 0. The first-order valence-corrected chi connectivity index (χ1v) is 0. The van der Waals surface area contributed by atoms with Crippen LogP contribution in [-0.4, -0.2) is 0 Å². The summed E-state index contributed by atoms with van der Waals surface area (Å²) in [4.78, 5) is 0. The molecule has 0 aromatic heterocycles. The molecule has 0 radical (unpaired) electrons. The zero-order chi connectivity index (χ0) is 0. The normalized spacial score (nSPS) is 0. The van der Waals surface area contributed by atoms with Gasteiger partial charge < -0.3 is 27.4 Å². The molecule has 9 heteroatoms. The summed E-state index contributed by atoms with van der Waals surface area (Å²) in [5.74, 6) is 0. The second-order valence-electron chi connectivity index (χ2n) is 0. The third kappa shape index (κ3) is 75.7. The summed E-state index contributed by atoms with van der Waals surface area (Å²) >= 11 is 0. The summed E-state index contributed by atoms with van der Waals surface area (Å²) in [7, 11) is 0. The molecule has 0 heterocycles. The minimum Gasteiger partial charge on any atom is -2.00 e. The SMILES string of the molecule is [Eu+3].[Eu+3].[Ni+2].[Ni+2].[O-2].[O-2].[O-2].[O-2].[O-2]. The van der Waals surface area contributed by atoms with E-state index in [1.807, 2.05) is 0 Å². The van der Waals surface area contributed by atoms with Gasteiger partial charge in [-0.1, -0.05) is 0 Å². The Morgan fingerprint density at radius 3 is 0.333 bits per heavy atom. The van der Waals surface area contributed by atoms with Crippen molar-refractivity contribution in [1.82, 2.24) is 0 Å². The van der Waals surface area contributed by atoms with Gasteiger partial charge >= 0.3 is 132 Å². The topological polar surface area (TPSA) is 142 Å². The van der Waals surface area contributed by atoms with Crippen LogP contribution in [0.15, 0.2) is 0 Å². The van der Waals surface area contributed by atoms with Crippen LogP contribution in [0, 0.1) is 98.8 Å². The molecule has 0 N–H and O–H groups in total.